The van der Waals surface area contributed by atoms with Crippen LogP contribution in [0.3, 0.4) is 0 Å². The van der Waals surface area contributed by atoms with Gasteiger partial charge in [0.25, 0.3) is 0 Å². The number of carbonyl (C=O) groups excluding carboxylic acids is 2. The third-order valence-electron chi connectivity index (χ3n) is 5.66. The Morgan fingerprint density at radius 3 is 2.48 bits per heavy atom. The number of anilines is 1. The van der Waals surface area contributed by atoms with Crippen LogP contribution in [0, 0.1) is 5.92 Å². The van der Waals surface area contributed by atoms with Crippen molar-refractivity contribution in [1.29, 1.82) is 0 Å². The fourth-order valence-corrected chi connectivity index (χ4v) is 5.31. The van der Waals surface area contributed by atoms with Gasteiger partial charge >= 0.3 is 0 Å². The van der Waals surface area contributed by atoms with Crippen LogP contribution in [0.1, 0.15) is 35.7 Å². The molecular weight excluding hydrogens is 442 g/mol. The second kappa shape index (κ2) is 9.63. The Morgan fingerprint density at radius 2 is 1.79 bits per heavy atom. The van der Waals surface area contributed by atoms with E-state index in [1.165, 1.54) is 23.4 Å². The lowest BCUT2D eigenvalue weighted by molar-refractivity contribution is -0.121. The topological polar surface area (TPSA) is 114 Å². The van der Waals surface area contributed by atoms with Crippen LogP contribution in [-0.4, -0.2) is 52.3 Å². The highest BCUT2D eigenvalue weighted by Crippen LogP contribution is 2.25. The normalized spacial score (nSPS) is 15.3. The van der Waals surface area contributed by atoms with Crippen molar-refractivity contribution < 1.29 is 18.0 Å². The SMILES string of the molecule is CC(=O)c1cccc(S(=O)(=O)N2CCC(C(=O)Nc3ncn(Cc4ccccc4)n3)CC2)c1. The number of rotatable bonds is 7. The number of sulfonamides is 1. The van der Waals surface area contributed by atoms with Crippen LogP contribution in [-0.2, 0) is 21.4 Å². The van der Waals surface area contributed by atoms with Crippen LogP contribution in [0.25, 0.3) is 0 Å². The molecular formula is C23H25N5O4S. The first-order chi connectivity index (χ1) is 15.8. The number of nitrogens with zero attached hydrogens (tertiary/aromatic N) is 4. The molecule has 1 aromatic heterocycles. The first kappa shape index (κ1) is 22.8. The average molecular weight is 468 g/mol. The van der Waals surface area contributed by atoms with Gasteiger partial charge in [0, 0.05) is 24.6 Å². The molecule has 0 radical (unpaired) electrons. The Bertz CT molecular complexity index is 1250. The molecule has 1 N–H and O–H groups in total. The molecule has 0 aliphatic carbocycles. The molecule has 1 aliphatic rings. The number of hydrogen-bond donors (Lipinski definition) is 1. The van der Waals surface area contributed by atoms with E-state index in [4.69, 9.17) is 0 Å². The van der Waals surface area contributed by atoms with E-state index in [0.29, 0.717) is 24.9 Å². The molecule has 1 saturated heterocycles. The van der Waals surface area contributed by atoms with Crippen LogP contribution >= 0.6 is 0 Å². The van der Waals surface area contributed by atoms with Crippen molar-refractivity contribution in [3.05, 3.63) is 72.1 Å². The molecule has 1 amide bonds. The van der Waals surface area contributed by atoms with Gasteiger partial charge in [-0.3, -0.25) is 14.9 Å². The molecule has 0 bridgehead atoms. The molecule has 4 rings (SSSR count). The number of Topliss-reactive ketones (excluding diaryl/α,β-unsaturated/α-hetero) is 1. The summed E-state index contributed by atoms with van der Waals surface area (Å²) in [6, 6.07) is 15.8. The van der Waals surface area contributed by atoms with E-state index >= 15 is 0 Å². The summed E-state index contributed by atoms with van der Waals surface area (Å²) in [5, 5.41) is 7.03. The number of amides is 1. The maximum absolute atomic E-state index is 13.0. The third kappa shape index (κ3) is 5.35. The summed E-state index contributed by atoms with van der Waals surface area (Å²) in [5.41, 5.74) is 1.42. The molecule has 2 heterocycles. The first-order valence-corrected chi connectivity index (χ1v) is 12.1. The van der Waals surface area contributed by atoms with Gasteiger partial charge in [-0.05, 0) is 37.5 Å². The minimum Gasteiger partial charge on any atom is -0.295 e. The highest BCUT2D eigenvalue weighted by Gasteiger charge is 2.32. The smallest absolute Gasteiger partial charge is 0.248 e. The maximum Gasteiger partial charge on any atom is 0.248 e. The zero-order valence-electron chi connectivity index (χ0n) is 18.2. The number of carbonyl (C=O) groups is 2. The van der Waals surface area contributed by atoms with E-state index in [2.05, 4.69) is 15.4 Å². The molecule has 1 aliphatic heterocycles. The van der Waals surface area contributed by atoms with Crippen LogP contribution in [0.5, 0.6) is 0 Å². The molecule has 9 nitrogen and oxygen atoms in total. The van der Waals surface area contributed by atoms with Crippen molar-refractivity contribution in [2.75, 3.05) is 18.4 Å². The van der Waals surface area contributed by atoms with Crippen molar-refractivity contribution in [1.82, 2.24) is 19.1 Å². The van der Waals surface area contributed by atoms with E-state index in [1.54, 1.807) is 23.1 Å². The molecule has 10 heteroatoms. The molecule has 3 aromatic rings. The number of benzene rings is 2. The standard InChI is InChI=1S/C23H25N5O4S/c1-17(29)20-8-5-9-21(14-20)33(31,32)28-12-10-19(11-13-28)22(30)25-23-24-16-27(26-23)15-18-6-3-2-4-7-18/h2-9,14,16,19H,10-13,15H2,1H3,(H,25,26,30). The summed E-state index contributed by atoms with van der Waals surface area (Å²) in [4.78, 5) is 28.5. The van der Waals surface area contributed by atoms with Crippen LogP contribution < -0.4 is 5.32 Å². The highest BCUT2D eigenvalue weighted by atomic mass is 32.2. The largest absolute Gasteiger partial charge is 0.295 e. The molecule has 1 fully saturated rings. The van der Waals surface area contributed by atoms with Gasteiger partial charge in [0.2, 0.25) is 21.9 Å². The second-order valence-electron chi connectivity index (χ2n) is 8.00. The van der Waals surface area contributed by atoms with Crippen molar-refractivity contribution in [2.24, 2.45) is 5.92 Å². The van der Waals surface area contributed by atoms with E-state index < -0.39 is 10.0 Å². The number of hydrogen-bond acceptors (Lipinski definition) is 6. The molecule has 33 heavy (non-hydrogen) atoms. The summed E-state index contributed by atoms with van der Waals surface area (Å²) in [6.45, 7) is 2.39. The lowest BCUT2D eigenvalue weighted by Gasteiger charge is -2.30. The summed E-state index contributed by atoms with van der Waals surface area (Å²) >= 11 is 0. The number of nitrogens with one attached hydrogen (secondary N) is 1. The molecule has 0 atom stereocenters. The van der Waals surface area contributed by atoms with Gasteiger partial charge in [0.05, 0.1) is 11.4 Å². The Hall–Kier alpha value is -3.37. The van der Waals surface area contributed by atoms with Crippen molar-refractivity contribution in [3.8, 4) is 0 Å². The van der Waals surface area contributed by atoms with Gasteiger partial charge in [-0.2, -0.15) is 4.31 Å². The zero-order chi connectivity index (χ0) is 23.4. The monoisotopic (exact) mass is 467 g/mol. The summed E-state index contributed by atoms with van der Waals surface area (Å²) < 4.78 is 29.0. The van der Waals surface area contributed by atoms with Crippen LogP contribution in [0.15, 0.2) is 65.8 Å². The first-order valence-electron chi connectivity index (χ1n) is 10.7. The minimum absolute atomic E-state index is 0.0891. The number of piperidine rings is 1. The van der Waals surface area contributed by atoms with Crippen LogP contribution in [0.4, 0.5) is 5.95 Å². The van der Waals surface area contributed by atoms with E-state index in [1.807, 2.05) is 30.3 Å². The fourth-order valence-electron chi connectivity index (χ4n) is 3.79. The second-order valence-corrected chi connectivity index (χ2v) is 9.94. The van der Waals surface area contributed by atoms with E-state index in [0.717, 1.165) is 5.56 Å². The molecule has 0 saturated carbocycles. The average Bonchev–Trinajstić information content (AvgIpc) is 3.26. The predicted octanol–water partition coefficient (Wildman–Crippen LogP) is 2.57. The van der Waals surface area contributed by atoms with Gasteiger partial charge in [-0.1, -0.05) is 42.5 Å². The van der Waals surface area contributed by atoms with E-state index in [-0.39, 0.29) is 41.5 Å². The minimum atomic E-state index is -3.73. The van der Waals surface area contributed by atoms with Gasteiger partial charge < -0.3 is 0 Å². The molecule has 172 valence electrons. The van der Waals surface area contributed by atoms with Crippen molar-refractivity contribution in [2.45, 2.75) is 31.2 Å². The zero-order valence-corrected chi connectivity index (χ0v) is 19.0. The lowest BCUT2D eigenvalue weighted by Crippen LogP contribution is -2.41. The Kier molecular flexibility index (Phi) is 6.66. The van der Waals surface area contributed by atoms with Crippen molar-refractivity contribution >= 4 is 27.7 Å². The predicted molar refractivity (Wildman–Crippen MR) is 122 cm³/mol. The summed E-state index contributed by atoms with van der Waals surface area (Å²) in [6.07, 6.45) is 2.34. The highest BCUT2D eigenvalue weighted by molar-refractivity contribution is 7.89. The molecule has 0 spiro atoms. The molecule has 2 aromatic carbocycles. The number of aromatic nitrogens is 3. The third-order valence-corrected chi connectivity index (χ3v) is 7.56. The summed E-state index contributed by atoms with van der Waals surface area (Å²) in [7, 11) is -3.73. The van der Waals surface area contributed by atoms with Gasteiger partial charge in [0.15, 0.2) is 5.78 Å². The maximum atomic E-state index is 13.0. The molecule has 0 unspecified atom stereocenters. The van der Waals surface area contributed by atoms with E-state index in [9.17, 15) is 18.0 Å². The van der Waals surface area contributed by atoms with Gasteiger partial charge in [0.1, 0.15) is 6.33 Å². The Balaban J connectivity index is 1.34. The quantitative estimate of drug-likeness (QED) is 0.534. The Morgan fingerprint density at radius 1 is 1.06 bits per heavy atom. The fraction of sp³-hybridized carbons (Fsp3) is 0.304. The lowest BCUT2D eigenvalue weighted by atomic mass is 9.97. The summed E-state index contributed by atoms with van der Waals surface area (Å²) in [5.74, 6) is -0.515. The Labute approximate surface area is 192 Å². The number of ketones is 1. The van der Waals surface area contributed by atoms with Crippen LogP contribution in [0.2, 0.25) is 0 Å². The van der Waals surface area contributed by atoms with Crippen molar-refractivity contribution in [3.63, 3.8) is 0 Å². The van der Waals surface area contributed by atoms with Gasteiger partial charge in [-0.15, -0.1) is 5.10 Å². The van der Waals surface area contributed by atoms with Gasteiger partial charge in [-0.25, -0.2) is 18.1 Å².